The monoisotopic (exact) mass is 574 g/mol. The highest BCUT2D eigenvalue weighted by Gasteiger charge is 2.51. The number of fused-ring (bicyclic) bond motifs is 1. The van der Waals surface area contributed by atoms with Gasteiger partial charge in [0.25, 0.3) is 0 Å². The van der Waals surface area contributed by atoms with E-state index in [1.54, 1.807) is 0 Å². The highest BCUT2D eigenvalue weighted by atomic mass is 32.2. The summed E-state index contributed by atoms with van der Waals surface area (Å²) < 4.78 is 34.0. The Labute approximate surface area is 242 Å². The molecule has 2 fully saturated rings. The van der Waals surface area contributed by atoms with Crippen LogP contribution in [0.15, 0.2) is 34.9 Å². The van der Waals surface area contributed by atoms with Gasteiger partial charge in [0.05, 0.1) is 5.75 Å². The van der Waals surface area contributed by atoms with Crippen molar-refractivity contribution in [3.63, 3.8) is 0 Å². The topological polar surface area (TPSA) is 43.4 Å². The SMILES string of the molecule is CC(C)[C@@H](C)/C=C/[C@@H](C)[C@H]1CC[C@H]2/C(=C/[C@@H]3C4=C(CC[C@H](O[Si](C)(C)C(C)(C)C)C4)CS3(=O)=O)CCC[C@]12C. The zero-order valence-corrected chi connectivity index (χ0v) is 28.6. The second kappa shape index (κ2) is 11.2. The van der Waals surface area contributed by atoms with Crippen molar-refractivity contribution >= 4 is 18.2 Å². The Morgan fingerprint density at radius 3 is 2.36 bits per heavy atom. The van der Waals surface area contributed by atoms with Crippen LogP contribution in [0, 0.1) is 35.0 Å². The van der Waals surface area contributed by atoms with Gasteiger partial charge in [-0.05, 0) is 110 Å². The van der Waals surface area contributed by atoms with Gasteiger partial charge in [-0.25, -0.2) is 8.42 Å². The third kappa shape index (κ3) is 6.26. The zero-order valence-electron chi connectivity index (χ0n) is 26.8. The molecule has 4 rings (SSSR count). The van der Waals surface area contributed by atoms with Gasteiger partial charge in [0.15, 0.2) is 18.2 Å². The standard InChI is InChI=1S/C34H58O3SSi/c1-23(2)24(3)13-14-25(4)30-17-18-31-26(12-11-19-34(30,31)8)20-32-29-21-28(37-39(9,10)33(5,6)7)16-15-27(29)22-38(32,35)36/h13-14,20,23-25,28,30-32H,11-12,15-19,21-22H2,1-10H3/b14-13+,26-20+/t24-,25+,28-,30+,31-,32+,34+/m0/s1. The molecule has 0 aromatic heterocycles. The van der Waals surface area contributed by atoms with Gasteiger partial charge in [-0.1, -0.05) is 84.8 Å². The second-order valence-electron chi connectivity index (χ2n) is 15.8. The first-order valence-corrected chi connectivity index (χ1v) is 20.6. The fraction of sp³-hybridized carbons (Fsp3) is 0.824. The molecular weight excluding hydrogens is 517 g/mol. The molecule has 0 aromatic rings. The van der Waals surface area contributed by atoms with Crippen LogP contribution in [0.3, 0.4) is 0 Å². The molecule has 3 nitrogen and oxygen atoms in total. The van der Waals surface area contributed by atoms with E-state index in [9.17, 15) is 8.42 Å². The zero-order chi connectivity index (χ0) is 29.0. The lowest BCUT2D eigenvalue weighted by Crippen LogP contribution is -2.44. The summed E-state index contributed by atoms with van der Waals surface area (Å²) in [4.78, 5) is 0. The third-order valence-electron chi connectivity index (χ3n) is 11.9. The number of allylic oxidation sites excluding steroid dienone is 3. The van der Waals surface area contributed by atoms with Gasteiger partial charge in [0.1, 0.15) is 5.25 Å². The van der Waals surface area contributed by atoms with E-state index < -0.39 is 23.4 Å². The van der Waals surface area contributed by atoms with Gasteiger partial charge in [-0.2, -0.15) is 0 Å². The molecule has 0 amide bonds. The quantitative estimate of drug-likeness (QED) is 0.225. The summed E-state index contributed by atoms with van der Waals surface area (Å²) in [7, 11) is -5.07. The van der Waals surface area contributed by atoms with Crippen molar-refractivity contribution in [2.75, 3.05) is 5.75 Å². The van der Waals surface area contributed by atoms with Crippen molar-refractivity contribution in [2.24, 2.45) is 35.0 Å². The lowest BCUT2D eigenvalue weighted by Gasteiger charge is -2.44. The van der Waals surface area contributed by atoms with Crippen LogP contribution in [0.4, 0.5) is 0 Å². The predicted octanol–water partition coefficient (Wildman–Crippen LogP) is 9.28. The van der Waals surface area contributed by atoms with E-state index in [1.807, 2.05) is 0 Å². The van der Waals surface area contributed by atoms with Crippen LogP contribution in [0.25, 0.3) is 0 Å². The Hall–Kier alpha value is -0.653. The van der Waals surface area contributed by atoms with Crippen molar-refractivity contribution in [2.45, 2.75) is 136 Å². The summed E-state index contributed by atoms with van der Waals surface area (Å²) in [6.45, 7) is 23.4. The average Bonchev–Trinajstić information content (AvgIpc) is 3.29. The predicted molar refractivity (Wildman–Crippen MR) is 169 cm³/mol. The lowest BCUT2D eigenvalue weighted by molar-refractivity contribution is 0.111. The molecule has 0 bridgehead atoms. The van der Waals surface area contributed by atoms with Crippen LogP contribution in [0.5, 0.6) is 0 Å². The first-order chi connectivity index (χ1) is 18.0. The minimum atomic E-state index is -3.18. The van der Waals surface area contributed by atoms with Crippen LogP contribution in [0.1, 0.15) is 107 Å². The minimum absolute atomic E-state index is 0.159. The highest BCUT2D eigenvalue weighted by Crippen LogP contribution is 2.60. The molecule has 7 atom stereocenters. The molecule has 0 saturated heterocycles. The molecule has 4 aliphatic rings. The van der Waals surface area contributed by atoms with Crippen LogP contribution < -0.4 is 0 Å². The molecule has 5 heteroatoms. The summed E-state index contributed by atoms with van der Waals surface area (Å²) >= 11 is 0. The smallest absolute Gasteiger partial charge is 0.192 e. The van der Waals surface area contributed by atoms with E-state index in [-0.39, 0.29) is 22.3 Å². The van der Waals surface area contributed by atoms with Gasteiger partial charge in [-0.3, -0.25) is 0 Å². The Balaban J connectivity index is 1.56. The highest BCUT2D eigenvalue weighted by molar-refractivity contribution is 7.92. The van der Waals surface area contributed by atoms with Crippen molar-refractivity contribution in [1.29, 1.82) is 0 Å². The van der Waals surface area contributed by atoms with Crippen molar-refractivity contribution in [3.05, 3.63) is 34.9 Å². The van der Waals surface area contributed by atoms with Gasteiger partial charge in [0.2, 0.25) is 0 Å². The van der Waals surface area contributed by atoms with E-state index in [0.29, 0.717) is 29.6 Å². The van der Waals surface area contributed by atoms with E-state index >= 15 is 0 Å². The number of rotatable bonds is 7. The van der Waals surface area contributed by atoms with E-state index in [2.05, 4.69) is 86.7 Å². The van der Waals surface area contributed by atoms with Gasteiger partial charge >= 0.3 is 0 Å². The molecule has 0 aromatic carbocycles. The summed E-state index contributed by atoms with van der Waals surface area (Å²) in [5.41, 5.74) is 4.12. The molecule has 0 unspecified atom stereocenters. The Morgan fingerprint density at radius 2 is 1.72 bits per heavy atom. The van der Waals surface area contributed by atoms with E-state index in [4.69, 9.17) is 4.43 Å². The second-order valence-corrected chi connectivity index (χ2v) is 22.7. The van der Waals surface area contributed by atoms with Gasteiger partial charge < -0.3 is 4.43 Å². The number of hydrogen-bond donors (Lipinski definition) is 0. The number of sulfone groups is 1. The molecule has 0 spiro atoms. The van der Waals surface area contributed by atoms with Gasteiger partial charge in [-0.15, -0.1) is 0 Å². The van der Waals surface area contributed by atoms with Crippen LogP contribution in [0.2, 0.25) is 18.1 Å². The maximum atomic E-state index is 13.6. The summed E-state index contributed by atoms with van der Waals surface area (Å²) in [6, 6.07) is 0. The molecule has 0 N–H and O–H groups in total. The van der Waals surface area contributed by atoms with Crippen molar-refractivity contribution in [3.8, 4) is 0 Å². The molecule has 1 aliphatic heterocycles. The molecular formula is C34H58O3SSi. The maximum absolute atomic E-state index is 13.6. The van der Waals surface area contributed by atoms with Crippen LogP contribution >= 0.6 is 0 Å². The molecule has 1 heterocycles. The van der Waals surface area contributed by atoms with E-state index in [0.717, 1.165) is 25.7 Å². The summed E-state index contributed by atoms with van der Waals surface area (Å²) in [5.74, 6) is 3.31. The first kappa shape index (κ1) is 31.3. The minimum Gasteiger partial charge on any atom is -0.414 e. The van der Waals surface area contributed by atoms with Crippen molar-refractivity contribution < 1.29 is 12.8 Å². The average molecular weight is 575 g/mol. The summed E-state index contributed by atoms with van der Waals surface area (Å²) in [5, 5.41) is -0.255. The fourth-order valence-corrected chi connectivity index (χ4v) is 11.4. The lowest BCUT2D eigenvalue weighted by atomic mass is 9.61. The molecule has 39 heavy (non-hydrogen) atoms. The normalized spacial score (nSPS) is 36.0. The van der Waals surface area contributed by atoms with Crippen LogP contribution in [-0.2, 0) is 14.3 Å². The van der Waals surface area contributed by atoms with Crippen LogP contribution in [-0.4, -0.2) is 33.8 Å². The molecule has 3 aliphatic carbocycles. The van der Waals surface area contributed by atoms with Gasteiger partial charge in [0, 0.05) is 6.10 Å². The Kier molecular flexibility index (Phi) is 8.99. The Bertz CT molecular complexity index is 1110. The third-order valence-corrected chi connectivity index (χ3v) is 18.3. The van der Waals surface area contributed by atoms with E-state index in [1.165, 1.54) is 42.4 Å². The molecule has 0 radical (unpaired) electrons. The maximum Gasteiger partial charge on any atom is 0.192 e. The largest absolute Gasteiger partial charge is 0.414 e. The van der Waals surface area contributed by atoms with Crippen molar-refractivity contribution in [1.82, 2.24) is 0 Å². The Morgan fingerprint density at radius 1 is 1.03 bits per heavy atom. The molecule has 222 valence electrons. The fourth-order valence-electron chi connectivity index (χ4n) is 7.96. The summed E-state index contributed by atoms with van der Waals surface area (Å²) in [6.07, 6.45) is 16.0. The molecule has 2 saturated carbocycles. The first-order valence-electron chi connectivity index (χ1n) is 16.0. The number of hydrogen-bond acceptors (Lipinski definition) is 3.